The van der Waals surface area contributed by atoms with Gasteiger partial charge in [0, 0.05) is 11.6 Å². The van der Waals surface area contributed by atoms with Gasteiger partial charge in [0.2, 0.25) is 0 Å². The summed E-state index contributed by atoms with van der Waals surface area (Å²) in [5, 5.41) is 1.22. The second-order valence-electron chi connectivity index (χ2n) is 4.60. The highest BCUT2D eigenvalue weighted by Crippen LogP contribution is 2.31. The second kappa shape index (κ2) is 4.74. The number of rotatable bonds is 3. The Morgan fingerprint density at radius 2 is 2.06 bits per heavy atom. The summed E-state index contributed by atoms with van der Waals surface area (Å²) < 4.78 is 5.44. The fourth-order valence-corrected chi connectivity index (χ4v) is 2.16. The van der Waals surface area contributed by atoms with E-state index in [0.29, 0.717) is 5.92 Å². The van der Waals surface area contributed by atoms with Crippen LogP contribution in [0, 0.1) is 0 Å². The molecule has 0 N–H and O–H groups in total. The van der Waals surface area contributed by atoms with Gasteiger partial charge in [-0.05, 0) is 41.7 Å². The third kappa shape index (κ3) is 2.12. The molecule has 0 saturated heterocycles. The smallest absolute Gasteiger partial charge is 0.145 e. The van der Waals surface area contributed by atoms with Crippen LogP contribution in [0.1, 0.15) is 37.8 Å². The van der Waals surface area contributed by atoms with Crippen molar-refractivity contribution in [2.75, 3.05) is 7.11 Å². The van der Waals surface area contributed by atoms with Crippen LogP contribution >= 0.6 is 0 Å². The fraction of sp³-hybridized carbons (Fsp3) is 0.400. The number of nitrogens with zero attached hydrogens (tertiary/aromatic N) is 1. The number of hydrogen-bond donors (Lipinski definition) is 0. The summed E-state index contributed by atoms with van der Waals surface area (Å²) in [6, 6.07) is 6.42. The van der Waals surface area contributed by atoms with Crippen molar-refractivity contribution in [3.05, 3.63) is 35.5 Å². The summed E-state index contributed by atoms with van der Waals surface area (Å²) in [4.78, 5) is 4.45. The molecule has 0 saturated carbocycles. The number of aromatic nitrogens is 1. The number of fused-ring (bicyclic) bond motifs is 1. The van der Waals surface area contributed by atoms with E-state index < -0.39 is 0 Å². The molecule has 2 nitrogen and oxygen atoms in total. The third-order valence-electron chi connectivity index (χ3n) is 3.15. The lowest BCUT2D eigenvalue weighted by atomic mass is 9.97. The molecule has 0 bridgehead atoms. The van der Waals surface area contributed by atoms with Crippen LogP contribution in [0.2, 0.25) is 0 Å². The molecule has 2 aromatic rings. The monoisotopic (exact) mass is 229 g/mol. The molecular formula is C15H19NO. The number of hydrogen-bond acceptors (Lipinski definition) is 2. The van der Waals surface area contributed by atoms with Crippen molar-refractivity contribution in [1.82, 2.24) is 4.98 Å². The maximum atomic E-state index is 5.44. The number of aryl methyl sites for hydroxylation is 1. The molecule has 0 aliphatic heterocycles. The van der Waals surface area contributed by atoms with Crippen LogP contribution in [0.3, 0.4) is 0 Å². The highest BCUT2D eigenvalue weighted by atomic mass is 16.5. The van der Waals surface area contributed by atoms with E-state index in [-0.39, 0.29) is 0 Å². The highest BCUT2D eigenvalue weighted by molar-refractivity contribution is 5.88. The standard InChI is InChI=1S/C15H19NO/c1-5-11-8-13-12(10(2)3)6-7-16-15(13)14(9-11)17-4/h6-10H,5H2,1-4H3. The van der Waals surface area contributed by atoms with E-state index in [4.69, 9.17) is 4.74 Å². The summed E-state index contributed by atoms with van der Waals surface area (Å²) in [5.41, 5.74) is 3.60. The minimum absolute atomic E-state index is 0.498. The Morgan fingerprint density at radius 3 is 2.65 bits per heavy atom. The average molecular weight is 229 g/mol. The Hall–Kier alpha value is -1.57. The van der Waals surface area contributed by atoms with Gasteiger partial charge < -0.3 is 4.74 Å². The Balaban J connectivity index is 2.79. The SMILES string of the molecule is CCc1cc(OC)c2nccc(C(C)C)c2c1. The topological polar surface area (TPSA) is 22.1 Å². The first-order valence-corrected chi connectivity index (χ1v) is 6.12. The molecule has 2 heteroatoms. The molecule has 1 aromatic heterocycles. The predicted molar refractivity (Wildman–Crippen MR) is 71.8 cm³/mol. The molecule has 0 unspecified atom stereocenters. The Labute approximate surface area is 103 Å². The number of pyridine rings is 1. The van der Waals surface area contributed by atoms with Gasteiger partial charge in [0.25, 0.3) is 0 Å². The van der Waals surface area contributed by atoms with Crippen molar-refractivity contribution < 1.29 is 4.74 Å². The first-order valence-electron chi connectivity index (χ1n) is 6.12. The molecule has 0 aliphatic carbocycles. The van der Waals surface area contributed by atoms with Gasteiger partial charge in [-0.25, -0.2) is 0 Å². The van der Waals surface area contributed by atoms with Crippen LogP contribution in [0.4, 0.5) is 0 Å². The van der Waals surface area contributed by atoms with Gasteiger partial charge in [0.1, 0.15) is 11.3 Å². The summed E-state index contributed by atoms with van der Waals surface area (Å²) in [6.45, 7) is 6.58. The van der Waals surface area contributed by atoms with E-state index in [9.17, 15) is 0 Å². The second-order valence-corrected chi connectivity index (χ2v) is 4.60. The summed E-state index contributed by atoms with van der Waals surface area (Å²) >= 11 is 0. The van der Waals surface area contributed by atoms with Gasteiger partial charge in [0.15, 0.2) is 0 Å². The van der Waals surface area contributed by atoms with Crippen molar-refractivity contribution in [3.8, 4) is 5.75 Å². The number of ether oxygens (including phenoxy) is 1. The molecule has 2 rings (SSSR count). The van der Waals surface area contributed by atoms with Crippen molar-refractivity contribution in [3.63, 3.8) is 0 Å². The molecule has 0 radical (unpaired) electrons. The van der Waals surface area contributed by atoms with Crippen molar-refractivity contribution in [2.45, 2.75) is 33.1 Å². The zero-order valence-electron chi connectivity index (χ0n) is 10.9. The largest absolute Gasteiger partial charge is 0.494 e. The highest BCUT2D eigenvalue weighted by Gasteiger charge is 2.10. The normalized spacial score (nSPS) is 11.1. The lowest BCUT2D eigenvalue weighted by molar-refractivity contribution is 0.418. The average Bonchev–Trinajstić information content (AvgIpc) is 2.36. The van der Waals surface area contributed by atoms with E-state index in [0.717, 1.165) is 17.7 Å². The maximum Gasteiger partial charge on any atom is 0.145 e. The van der Waals surface area contributed by atoms with Crippen LogP contribution in [0.25, 0.3) is 10.9 Å². The number of benzene rings is 1. The first kappa shape index (κ1) is 11.9. The van der Waals surface area contributed by atoms with Crippen LogP contribution in [0.5, 0.6) is 5.75 Å². The molecule has 17 heavy (non-hydrogen) atoms. The summed E-state index contributed by atoms with van der Waals surface area (Å²) in [5.74, 6) is 1.37. The minimum Gasteiger partial charge on any atom is -0.494 e. The molecule has 1 heterocycles. The van der Waals surface area contributed by atoms with Gasteiger partial charge in [-0.15, -0.1) is 0 Å². The van der Waals surface area contributed by atoms with Crippen LogP contribution in [-0.4, -0.2) is 12.1 Å². The Morgan fingerprint density at radius 1 is 1.29 bits per heavy atom. The third-order valence-corrected chi connectivity index (χ3v) is 3.15. The lowest BCUT2D eigenvalue weighted by Gasteiger charge is -2.13. The fourth-order valence-electron chi connectivity index (χ4n) is 2.16. The van der Waals surface area contributed by atoms with E-state index in [1.807, 2.05) is 6.20 Å². The molecule has 0 spiro atoms. The molecule has 0 fully saturated rings. The Bertz CT molecular complexity index is 532. The van der Waals surface area contributed by atoms with E-state index >= 15 is 0 Å². The van der Waals surface area contributed by atoms with Crippen molar-refractivity contribution in [2.24, 2.45) is 0 Å². The summed E-state index contributed by atoms with van der Waals surface area (Å²) in [7, 11) is 1.71. The van der Waals surface area contributed by atoms with E-state index in [1.54, 1.807) is 7.11 Å². The first-order chi connectivity index (χ1) is 8.17. The minimum atomic E-state index is 0.498. The van der Waals surface area contributed by atoms with Crippen LogP contribution < -0.4 is 4.74 Å². The van der Waals surface area contributed by atoms with E-state index in [2.05, 4.69) is 44.0 Å². The predicted octanol–water partition coefficient (Wildman–Crippen LogP) is 3.93. The lowest BCUT2D eigenvalue weighted by Crippen LogP contribution is -1.95. The molecule has 0 atom stereocenters. The quantitative estimate of drug-likeness (QED) is 0.795. The molecule has 1 aromatic carbocycles. The Kier molecular flexibility index (Phi) is 3.32. The number of methoxy groups -OCH3 is 1. The summed E-state index contributed by atoms with van der Waals surface area (Å²) in [6.07, 6.45) is 2.88. The maximum absolute atomic E-state index is 5.44. The zero-order valence-corrected chi connectivity index (χ0v) is 10.9. The zero-order chi connectivity index (χ0) is 12.4. The molecule has 0 aliphatic rings. The van der Waals surface area contributed by atoms with E-state index in [1.165, 1.54) is 16.5 Å². The van der Waals surface area contributed by atoms with Crippen LogP contribution in [-0.2, 0) is 6.42 Å². The van der Waals surface area contributed by atoms with Crippen molar-refractivity contribution in [1.29, 1.82) is 0 Å². The van der Waals surface area contributed by atoms with Gasteiger partial charge in [-0.2, -0.15) is 0 Å². The molecule has 90 valence electrons. The van der Waals surface area contributed by atoms with Gasteiger partial charge in [0.05, 0.1) is 7.11 Å². The van der Waals surface area contributed by atoms with Gasteiger partial charge >= 0.3 is 0 Å². The van der Waals surface area contributed by atoms with Gasteiger partial charge in [-0.1, -0.05) is 20.8 Å². The molecule has 0 amide bonds. The van der Waals surface area contributed by atoms with Gasteiger partial charge in [-0.3, -0.25) is 4.98 Å². The van der Waals surface area contributed by atoms with Crippen LogP contribution in [0.15, 0.2) is 24.4 Å². The molecular weight excluding hydrogens is 210 g/mol. The van der Waals surface area contributed by atoms with Crippen molar-refractivity contribution >= 4 is 10.9 Å².